The Hall–Kier alpha value is -2.94. The summed E-state index contributed by atoms with van der Waals surface area (Å²) in [5, 5.41) is 15.2. The van der Waals surface area contributed by atoms with Gasteiger partial charge in [-0.15, -0.1) is 0 Å². The SMILES string of the molecule is Cc1nn(CC(=O)N(C)Cc2ccc(N3CCOCC3)cc2)c(C)c1[N+](=O)[O-]. The Labute approximate surface area is 163 Å². The average Bonchev–Trinajstić information content (AvgIpc) is 2.96. The average molecular weight is 387 g/mol. The Balaban J connectivity index is 1.61. The molecular weight excluding hydrogens is 362 g/mol. The van der Waals surface area contributed by atoms with Crippen LogP contribution in [-0.4, -0.2) is 58.9 Å². The van der Waals surface area contributed by atoms with Crippen molar-refractivity contribution in [3.05, 3.63) is 51.3 Å². The molecule has 1 amide bonds. The molecule has 1 aliphatic heterocycles. The van der Waals surface area contributed by atoms with Crippen molar-refractivity contribution >= 4 is 17.3 Å². The number of rotatable bonds is 6. The highest BCUT2D eigenvalue weighted by atomic mass is 16.6. The number of carbonyl (C=O) groups is 1. The molecular formula is C19H25N5O4. The lowest BCUT2D eigenvalue weighted by atomic mass is 10.1. The van der Waals surface area contributed by atoms with Crippen molar-refractivity contribution in [1.82, 2.24) is 14.7 Å². The molecule has 0 saturated carbocycles. The van der Waals surface area contributed by atoms with Gasteiger partial charge >= 0.3 is 5.69 Å². The Morgan fingerprint density at radius 3 is 2.46 bits per heavy atom. The zero-order chi connectivity index (χ0) is 20.3. The summed E-state index contributed by atoms with van der Waals surface area (Å²) in [4.78, 5) is 27.1. The third-order valence-corrected chi connectivity index (χ3v) is 4.97. The molecule has 150 valence electrons. The Morgan fingerprint density at radius 2 is 1.89 bits per heavy atom. The van der Waals surface area contributed by atoms with Crippen molar-refractivity contribution in [3.63, 3.8) is 0 Å². The number of aryl methyl sites for hydroxylation is 1. The van der Waals surface area contributed by atoms with E-state index in [2.05, 4.69) is 22.1 Å². The van der Waals surface area contributed by atoms with Crippen LogP contribution in [0.4, 0.5) is 11.4 Å². The van der Waals surface area contributed by atoms with Crippen LogP contribution in [0, 0.1) is 24.0 Å². The highest BCUT2D eigenvalue weighted by Crippen LogP contribution is 2.22. The summed E-state index contributed by atoms with van der Waals surface area (Å²) in [5.74, 6) is -0.155. The van der Waals surface area contributed by atoms with Crippen molar-refractivity contribution in [2.45, 2.75) is 26.9 Å². The fraction of sp³-hybridized carbons (Fsp3) is 0.474. The van der Waals surface area contributed by atoms with E-state index in [1.165, 1.54) is 4.68 Å². The van der Waals surface area contributed by atoms with Crippen LogP contribution in [0.5, 0.6) is 0 Å². The molecule has 1 aromatic carbocycles. The van der Waals surface area contributed by atoms with E-state index < -0.39 is 4.92 Å². The van der Waals surface area contributed by atoms with E-state index in [1.807, 2.05) is 12.1 Å². The molecule has 1 fully saturated rings. The summed E-state index contributed by atoms with van der Waals surface area (Å²) in [6, 6.07) is 8.15. The van der Waals surface area contributed by atoms with Crippen LogP contribution >= 0.6 is 0 Å². The van der Waals surface area contributed by atoms with Gasteiger partial charge in [-0.3, -0.25) is 19.6 Å². The maximum Gasteiger partial charge on any atom is 0.312 e. The van der Waals surface area contributed by atoms with Gasteiger partial charge in [-0.1, -0.05) is 12.1 Å². The minimum atomic E-state index is -0.460. The van der Waals surface area contributed by atoms with Crippen LogP contribution in [0.3, 0.4) is 0 Å². The molecule has 0 atom stereocenters. The topological polar surface area (TPSA) is 93.7 Å². The number of aromatic nitrogens is 2. The number of hydrogen-bond acceptors (Lipinski definition) is 6. The second kappa shape index (κ2) is 8.39. The van der Waals surface area contributed by atoms with E-state index in [0.717, 1.165) is 37.6 Å². The summed E-state index contributed by atoms with van der Waals surface area (Å²) < 4.78 is 6.77. The standard InChI is InChI=1S/C19H25N5O4/c1-14-19(24(26)27)15(2)23(20-14)13-18(25)21(3)12-16-4-6-17(7-5-16)22-8-10-28-11-9-22/h4-7H,8-13H2,1-3H3. The summed E-state index contributed by atoms with van der Waals surface area (Å²) in [6.45, 7) is 6.86. The quantitative estimate of drug-likeness (QED) is 0.555. The molecule has 9 nitrogen and oxygen atoms in total. The van der Waals surface area contributed by atoms with Gasteiger partial charge in [0.05, 0.1) is 18.1 Å². The zero-order valence-corrected chi connectivity index (χ0v) is 16.4. The lowest BCUT2D eigenvalue weighted by molar-refractivity contribution is -0.386. The van der Waals surface area contributed by atoms with Crippen molar-refractivity contribution in [2.24, 2.45) is 0 Å². The zero-order valence-electron chi connectivity index (χ0n) is 16.4. The number of morpholine rings is 1. The van der Waals surface area contributed by atoms with Gasteiger partial charge in [0.15, 0.2) is 0 Å². The Bertz CT molecular complexity index is 856. The number of carbonyl (C=O) groups excluding carboxylic acids is 1. The number of ether oxygens (including phenoxy) is 1. The van der Waals surface area contributed by atoms with E-state index in [0.29, 0.717) is 17.9 Å². The fourth-order valence-electron chi connectivity index (χ4n) is 3.35. The summed E-state index contributed by atoms with van der Waals surface area (Å²) in [5.41, 5.74) is 2.84. The van der Waals surface area contributed by atoms with Gasteiger partial charge in [-0.25, -0.2) is 0 Å². The molecule has 0 radical (unpaired) electrons. The molecule has 2 aromatic rings. The molecule has 1 aliphatic rings. The van der Waals surface area contributed by atoms with Crippen molar-refractivity contribution in [2.75, 3.05) is 38.3 Å². The largest absolute Gasteiger partial charge is 0.378 e. The number of hydrogen-bond donors (Lipinski definition) is 0. The molecule has 3 rings (SSSR count). The minimum absolute atomic E-state index is 0.0249. The normalized spacial score (nSPS) is 14.2. The van der Waals surface area contributed by atoms with Gasteiger partial charge < -0.3 is 14.5 Å². The Morgan fingerprint density at radius 1 is 1.25 bits per heavy atom. The number of anilines is 1. The first-order valence-electron chi connectivity index (χ1n) is 9.21. The molecule has 1 saturated heterocycles. The fourth-order valence-corrected chi connectivity index (χ4v) is 3.35. The predicted octanol–water partition coefficient (Wildman–Crippen LogP) is 1.90. The first-order valence-corrected chi connectivity index (χ1v) is 9.21. The summed E-state index contributed by atoms with van der Waals surface area (Å²) in [7, 11) is 1.72. The summed E-state index contributed by atoms with van der Waals surface area (Å²) >= 11 is 0. The van der Waals surface area contributed by atoms with E-state index in [9.17, 15) is 14.9 Å². The third-order valence-electron chi connectivity index (χ3n) is 4.97. The van der Waals surface area contributed by atoms with Crippen molar-refractivity contribution in [1.29, 1.82) is 0 Å². The van der Waals surface area contributed by atoms with Crippen LogP contribution in [0.15, 0.2) is 24.3 Å². The van der Waals surface area contributed by atoms with Gasteiger partial charge in [0, 0.05) is 32.4 Å². The minimum Gasteiger partial charge on any atom is -0.378 e. The second-order valence-corrected chi connectivity index (χ2v) is 6.95. The molecule has 0 aliphatic carbocycles. The smallest absolute Gasteiger partial charge is 0.312 e. The molecule has 1 aromatic heterocycles. The lowest BCUT2D eigenvalue weighted by Gasteiger charge is -2.29. The van der Waals surface area contributed by atoms with Crippen LogP contribution in [0.2, 0.25) is 0 Å². The van der Waals surface area contributed by atoms with Gasteiger partial charge in [-0.2, -0.15) is 5.10 Å². The van der Waals surface area contributed by atoms with Gasteiger partial charge in [0.25, 0.3) is 0 Å². The Kier molecular flexibility index (Phi) is 5.93. The van der Waals surface area contributed by atoms with Crippen molar-refractivity contribution in [3.8, 4) is 0 Å². The monoisotopic (exact) mass is 387 g/mol. The molecule has 9 heteroatoms. The molecule has 2 heterocycles. The number of nitro groups is 1. The number of likely N-dealkylation sites (N-methyl/N-ethyl adjacent to an activating group) is 1. The predicted molar refractivity (Wildman–Crippen MR) is 104 cm³/mol. The van der Waals surface area contributed by atoms with Gasteiger partial charge in [0.1, 0.15) is 17.9 Å². The van der Waals surface area contributed by atoms with Crippen LogP contribution in [0.25, 0.3) is 0 Å². The highest BCUT2D eigenvalue weighted by Gasteiger charge is 2.23. The van der Waals surface area contributed by atoms with E-state index in [4.69, 9.17) is 4.74 Å². The van der Waals surface area contributed by atoms with Crippen LogP contribution in [-0.2, 0) is 22.6 Å². The van der Waals surface area contributed by atoms with E-state index in [-0.39, 0.29) is 18.1 Å². The number of nitrogens with zero attached hydrogens (tertiary/aromatic N) is 5. The van der Waals surface area contributed by atoms with Crippen molar-refractivity contribution < 1.29 is 14.5 Å². The molecule has 28 heavy (non-hydrogen) atoms. The maximum absolute atomic E-state index is 12.5. The van der Waals surface area contributed by atoms with Crippen LogP contribution in [0.1, 0.15) is 17.0 Å². The highest BCUT2D eigenvalue weighted by molar-refractivity contribution is 5.75. The van der Waals surface area contributed by atoms with E-state index >= 15 is 0 Å². The van der Waals surface area contributed by atoms with Gasteiger partial charge in [0.2, 0.25) is 5.91 Å². The first-order chi connectivity index (χ1) is 13.4. The molecule has 0 unspecified atom stereocenters. The van der Waals surface area contributed by atoms with Crippen LogP contribution < -0.4 is 4.90 Å². The summed E-state index contributed by atoms with van der Waals surface area (Å²) in [6.07, 6.45) is 0. The molecule has 0 N–H and O–H groups in total. The second-order valence-electron chi connectivity index (χ2n) is 6.95. The molecule has 0 spiro atoms. The number of amides is 1. The molecule has 0 bridgehead atoms. The number of benzene rings is 1. The maximum atomic E-state index is 12.5. The lowest BCUT2D eigenvalue weighted by Crippen LogP contribution is -2.36. The first kappa shape index (κ1) is 19.8. The van der Waals surface area contributed by atoms with Gasteiger partial charge in [-0.05, 0) is 31.5 Å². The third kappa shape index (κ3) is 4.30. The van der Waals surface area contributed by atoms with E-state index in [1.54, 1.807) is 25.8 Å².